The Hall–Kier alpha value is -2.44. The summed E-state index contributed by atoms with van der Waals surface area (Å²) in [6, 6.07) is 19.4. The molecule has 0 aliphatic carbocycles. The molecule has 0 bridgehead atoms. The van der Waals surface area contributed by atoms with Gasteiger partial charge in [0.15, 0.2) is 11.5 Å². The molecule has 1 aromatic heterocycles. The van der Waals surface area contributed by atoms with E-state index < -0.39 is 0 Å². The molecule has 0 radical (unpaired) electrons. The normalized spacial score (nSPS) is 10.5. The smallest absolute Gasteiger partial charge is 0.251 e. The summed E-state index contributed by atoms with van der Waals surface area (Å²) in [5.41, 5.74) is 1.64. The van der Waals surface area contributed by atoms with Crippen LogP contribution in [0.5, 0.6) is 11.5 Å². The molecule has 0 saturated heterocycles. The number of thiophene rings is 1. The Balaban J connectivity index is 1.48. The second kappa shape index (κ2) is 10.8. The lowest BCUT2D eigenvalue weighted by atomic mass is 10.2. The molecule has 0 fully saturated rings. The van der Waals surface area contributed by atoms with Gasteiger partial charge in [0.05, 0.1) is 7.11 Å². The number of hydrogen-bond acceptors (Lipinski definition) is 5. The second-order valence-corrected chi connectivity index (χ2v) is 8.17. The third-order valence-electron chi connectivity index (χ3n) is 4.02. The Labute approximate surface area is 173 Å². The summed E-state index contributed by atoms with van der Waals surface area (Å²) < 4.78 is 11.2. The third-order valence-corrected chi connectivity index (χ3v) is 6.09. The van der Waals surface area contributed by atoms with Gasteiger partial charge in [-0.05, 0) is 35.2 Å². The quantitative estimate of drug-likeness (QED) is 0.475. The van der Waals surface area contributed by atoms with Crippen LogP contribution in [0.3, 0.4) is 0 Å². The van der Waals surface area contributed by atoms with Gasteiger partial charge >= 0.3 is 0 Å². The Bertz CT molecular complexity index is 867. The van der Waals surface area contributed by atoms with E-state index in [9.17, 15) is 4.79 Å². The van der Waals surface area contributed by atoms with Crippen LogP contribution in [0, 0.1) is 0 Å². The van der Waals surface area contributed by atoms with Crippen molar-refractivity contribution in [1.29, 1.82) is 0 Å². The second-order valence-electron chi connectivity index (χ2n) is 6.03. The summed E-state index contributed by atoms with van der Waals surface area (Å²) in [6.07, 6.45) is 0. The number of carbonyl (C=O) groups is 1. The van der Waals surface area contributed by atoms with Crippen LogP contribution in [0.15, 0.2) is 66.0 Å². The Morgan fingerprint density at radius 2 is 1.93 bits per heavy atom. The average Bonchev–Trinajstić information content (AvgIpc) is 3.26. The zero-order valence-corrected chi connectivity index (χ0v) is 17.4. The van der Waals surface area contributed by atoms with Crippen LogP contribution in [-0.2, 0) is 12.4 Å². The minimum absolute atomic E-state index is 0.107. The molecule has 2 aromatic carbocycles. The number of hydrogen-bond donors (Lipinski definition) is 1. The van der Waals surface area contributed by atoms with Gasteiger partial charge in [-0.1, -0.05) is 36.4 Å². The molecule has 6 heteroatoms. The number of nitrogens with one attached hydrogen (secondary N) is 1. The SMILES string of the molecule is COc1cc(C(=O)NCCSCc2cccs2)ccc1OCc1ccccc1. The lowest BCUT2D eigenvalue weighted by molar-refractivity contribution is 0.0955. The Morgan fingerprint density at radius 3 is 2.68 bits per heavy atom. The summed E-state index contributed by atoms with van der Waals surface area (Å²) >= 11 is 3.57. The van der Waals surface area contributed by atoms with Crippen molar-refractivity contribution in [2.24, 2.45) is 0 Å². The van der Waals surface area contributed by atoms with Crippen LogP contribution in [0.2, 0.25) is 0 Å². The predicted molar refractivity (Wildman–Crippen MR) is 117 cm³/mol. The highest BCUT2D eigenvalue weighted by Crippen LogP contribution is 2.29. The Kier molecular flexibility index (Phi) is 7.82. The van der Waals surface area contributed by atoms with E-state index in [0.29, 0.717) is 30.2 Å². The van der Waals surface area contributed by atoms with Gasteiger partial charge in [0.25, 0.3) is 5.91 Å². The standard InChI is InChI=1S/C22H23NO3S2/c1-25-21-14-18(9-10-20(21)26-15-17-6-3-2-4-7-17)22(24)23-11-13-27-16-19-8-5-12-28-19/h2-10,12,14H,11,13,15-16H2,1H3,(H,23,24). The van der Waals surface area contributed by atoms with Gasteiger partial charge in [-0.3, -0.25) is 4.79 Å². The number of thioether (sulfide) groups is 1. The fourth-order valence-electron chi connectivity index (χ4n) is 2.57. The largest absolute Gasteiger partial charge is 0.493 e. The van der Waals surface area contributed by atoms with Crippen molar-refractivity contribution in [3.63, 3.8) is 0 Å². The minimum atomic E-state index is -0.107. The summed E-state index contributed by atoms with van der Waals surface area (Å²) in [7, 11) is 1.58. The first kappa shape index (κ1) is 20.3. The topological polar surface area (TPSA) is 47.6 Å². The van der Waals surface area contributed by atoms with E-state index in [1.165, 1.54) is 4.88 Å². The monoisotopic (exact) mass is 413 g/mol. The molecule has 0 aliphatic heterocycles. The maximum absolute atomic E-state index is 12.4. The highest BCUT2D eigenvalue weighted by molar-refractivity contribution is 7.98. The van der Waals surface area contributed by atoms with E-state index in [1.807, 2.05) is 42.1 Å². The zero-order chi connectivity index (χ0) is 19.6. The molecular formula is C22H23NO3S2. The summed E-state index contributed by atoms with van der Waals surface area (Å²) in [6.45, 7) is 1.08. The van der Waals surface area contributed by atoms with Gasteiger partial charge in [0, 0.05) is 28.5 Å². The highest BCUT2D eigenvalue weighted by atomic mass is 32.2. The number of ether oxygens (including phenoxy) is 2. The van der Waals surface area contributed by atoms with Crippen molar-refractivity contribution in [2.45, 2.75) is 12.4 Å². The van der Waals surface area contributed by atoms with E-state index in [2.05, 4.69) is 22.8 Å². The number of rotatable bonds is 10. The first-order valence-electron chi connectivity index (χ1n) is 8.99. The van der Waals surface area contributed by atoms with Gasteiger partial charge in [-0.25, -0.2) is 0 Å². The molecule has 1 amide bonds. The first-order valence-corrected chi connectivity index (χ1v) is 11.0. The van der Waals surface area contributed by atoms with Crippen molar-refractivity contribution in [3.05, 3.63) is 82.0 Å². The van der Waals surface area contributed by atoms with Gasteiger partial charge in [-0.15, -0.1) is 11.3 Å². The number of methoxy groups -OCH3 is 1. The van der Waals surface area contributed by atoms with Crippen molar-refractivity contribution >= 4 is 29.0 Å². The first-order chi connectivity index (χ1) is 13.8. The summed E-state index contributed by atoms with van der Waals surface area (Å²) in [5.74, 6) is 2.92. The van der Waals surface area contributed by atoms with E-state index >= 15 is 0 Å². The molecule has 4 nitrogen and oxygen atoms in total. The molecule has 146 valence electrons. The maximum atomic E-state index is 12.4. The van der Waals surface area contributed by atoms with Gasteiger partial charge in [-0.2, -0.15) is 11.8 Å². The molecule has 0 aliphatic rings. The molecule has 0 unspecified atom stereocenters. The molecule has 0 spiro atoms. The number of amides is 1. The van der Waals surface area contributed by atoms with Crippen LogP contribution in [-0.4, -0.2) is 25.3 Å². The van der Waals surface area contributed by atoms with Crippen LogP contribution in [0.4, 0.5) is 0 Å². The minimum Gasteiger partial charge on any atom is -0.493 e. The van der Waals surface area contributed by atoms with Gasteiger partial charge in [0.1, 0.15) is 6.61 Å². The molecule has 3 aromatic rings. The van der Waals surface area contributed by atoms with E-state index in [1.54, 1.807) is 36.6 Å². The van der Waals surface area contributed by atoms with Crippen LogP contribution >= 0.6 is 23.1 Å². The molecule has 0 saturated carbocycles. The predicted octanol–water partition coefficient (Wildman–Crippen LogP) is 5.00. The van der Waals surface area contributed by atoms with E-state index in [4.69, 9.17) is 9.47 Å². The van der Waals surface area contributed by atoms with Crippen molar-refractivity contribution in [1.82, 2.24) is 5.32 Å². The van der Waals surface area contributed by atoms with Crippen LogP contribution < -0.4 is 14.8 Å². The molecule has 3 rings (SSSR count). The average molecular weight is 414 g/mol. The molecule has 1 N–H and O–H groups in total. The van der Waals surface area contributed by atoms with Crippen molar-refractivity contribution in [2.75, 3.05) is 19.4 Å². The fraction of sp³-hybridized carbons (Fsp3) is 0.227. The number of benzene rings is 2. The summed E-state index contributed by atoms with van der Waals surface area (Å²) in [5, 5.41) is 5.04. The molecular weight excluding hydrogens is 390 g/mol. The van der Waals surface area contributed by atoms with Crippen LogP contribution in [0.25, 0.3) is 0 Å². The molecule has 28 heavy (non-hydrogen) atoms. The third kappa shape index (κ3) is 6.04. The van der Waals surface area contributed by atoms with Crippen molar-refractivity contribution in [3.8, 4) is 11.5 Å². The van der Waals surface area contributed by atoms with E-state index in [0.717, 1.165) is 17.1 Å². The lowest BCUT2D eigenvalue weighted by Crippen LogP contribution is -2.25. The molecule has 0 atom stereocenters. The fourth-order valence-corrected chi connectivity index (χ4v) is 4.27. The lowest BCUT2D eigenvalue weighted by Gasteiger charge is -2.12. The van der Waals surface area contributed by atoms with Crippen LogP contribution in [0.1, 0.15) is 20.8 Å². The Morgan fingerprint density at radius 1 is 1.07 bits per heavy atom. The maximum Gasteiger partial charge on any atom is 0.251 e. The van der Waals surface area contributed by atoms with E-state index in [-0.39, 0.29) is 5.91 Å². The number of carbonyl (C=O) groups excluding carboxylic acids is 1. The zero-order valence-electron chi connectivity index (χ0n) is 15.7. The van der Waals surface area contributed by atoms with Gasteiger partial charge in [0.2, 0.25) is 0 Å². The summed E-state index contributed by atoms with van der Waals surface area (Å²) in [4.78, 5) is 13.7. The highest BCUT2D eigenvalue weighted by Gasteiger charge is 2.11. The molecule has 1 heterocycles. The van der Waals surface area contributed by atoms with Crippen molar-refractivity contribution < 1.29 is 14.3 Å². The van der Waals surface area contributed by atoms with Gasteiger partial charge < -0.3 is 14.8 Å².